The second-order valence-electron chi connectivity index (χ2n) is 2.46. The van der Waals surface area contributed by atoms with Crippen LogP contribution in [0.15, 0.2) is 24.3 Å². The number of primary amides is 1. The van der Waals surface area contributed by atoms with Gasteiger partial charge in [0.1, 0.15) is 5.82 Å². The van der Waals surface area contributed by atoms with Gasteiger partial charge in [0, 0.05) is 5.56 Å². The molecule has 0 heterocycles. The maximum atomic E-state index is 12.6. The fourth-order valence-electron chi connectivity index (χ4n) is 0.800. The van der Waals surface area contributed by atoms with E-state index in [0.717, 1.165) is 0 Å². The van der Waals surface area contributed by atoms with Crippen molar-refractivity contribution in [3.8, 4) is 11.8 Å². The predicted molar refractivity (Wildman–Crippen MR) is 47.1 cm³/mol. The summed E-state index contributed by atoms with van der Waals surface area (Å²) in [5.74, 6) is 4.34. The molecule has 1 rings (SSSR count). The lowest BCUT2D eigenvalue weighted by atomic mass is 10.2. The van der Waals surface area contributed by atoms with Gasteiger partial charge in [-0.25, -0.2) is 4.39 Å². The van der Waals surface area contributed by atoms with E-state index in [4.69, 9.17) is 5.73 Å². The first-order valence-corrected chi connectivity index (χ1v) is 3.71. The average molecular weight is 177 g/mol. The zero-order chi connectivity index (χ0) is 9.68. The van der Waals surface area contributed by atoms with Crippen molar-refractivity contribution in [3.05, 3.63) is 35.6 Å². The van der Waals surface area contributed by atoms with Gasteiger partial charge in [0.05, 0.1) is 6.42 Å². The number of hydrogen-bond donors (Lipinski definition) is 1. The molecule has 0 saturated heterocycles. The molecule has 0 fully saturated rings. The molecule has 13 heavy (non-hydrogen) atoms. The highest BCUT2D eigenvalue weighted by Gasteiger charge is 1.90. The van der Waals surface area contributed by atoms with Gasteiger partial charge in [-0.2, -0.15) is 0 Å². The van der Waals surface area contributed by atoms with Crippen molar-refractivity contribution in [2.45, 2.75) is 6.42 Å². The summed E-state index contributed by atoms with van der Waals surface area (Å²) in [6.45, 7) is 0. The fourth-order valence-corrected chi connectivity index (χ4v) is 0.800. The van der Waals surface area contributed by atoms with Gasteiger partial charge in [0.25, 0.3) is 0 Å². The molecule has 2 nitrogen and oxygen atoms in total. The second-order valence-corrected chi connectivity index (χ2v) is 2.46. The normalized spacial score (nSPS) is 8.69. The number of carbonyl (C=O) groups is 1. The molecule has 1 aromatic rings. The molecule has 66 valence electrons. The number of halogens is 1. The van der Waals surface area contributed by atoms with Crippen LogP contribution in [0, 0.1) is 17.7 Å². The van der Waals surface area contributed by atoms with Crippen LogP contribution >= 0.6 is 0 Å². The Hall–Kier alpha value is -1.82. The highest BCUT2D eigenvalue weighted by molar-refractivity contribution is 5.76. The van der Waals surface area contributed by atoms with Crippen LogP contribution in [0.1, 0.15) is 12.0 Å². The highest BCUT2D eigenvalue weighted by atomic mass is 19.1. The maximum absolute atomic E-state index is 12.6. The Balaban J connectivity index is 2.72. The van der Waals surface area contributed by atoms with Gasteiger partial charge in [-0.05, 0) is 18.2 Å². The molecule has 0 radical (unpaired) electrons. The lowest BCUT2D eigenvalue weighted by molar-refractivity contribution is -0.117. The summed E-state index contributed by atoms with van der Waals surface area (Å²) >= 11 is 0. The van der Waals surface area contributed by atoms with Crippen molar-refractivity contribution in [1.29, 1.82) is 0 Å². The maximum Gasteiger partial charge on any atom is 0.229 e. The second kappa shape index (κ2) is 4.27. The minimum absolute atomic E-state index is 0.00346. The van der Waals surface area contributed by atoms with Gasteiger partial charge in [-0.3, -0.25) is 4.79 Å². The van der Waals surface area contributed by atoms with Crippen molar-refractivity contribution in [2.75, 3.05) is 0 Å². The molecule has 1 aromatic carbocycles. The molecule has 0 aliphatic rings. The molecule has 0 aliphatic carbocycles. The van der Waals surface area contributed by atoms with Gasteiger partial charge in [0.15, 0.2) is 0 Å². The zero-order valence-corrected chi connectivity index (χ0v) is 6.88. The van der Waals surface area contributed by atoms with E-state index in [-0.39, 0.29) is 12.2 Å². The van der Waals surface area contributed by atoms with E-state index in [1.807, 2.05) is 0 Å². The van der Waals surface area contributed by atoms with E-state index in [0.29, 0.717) is 5.56 Å². The Bertz CT molecular complexity index is 376. The average Bonchev–Trinajstić information content (AvgIpc) is 2.03. The fraction of sp³-hybridized carbons (Fsp3) is 0.100. The number of hydrogen-bond acceptors (Lipinski definition) is 1. The van der Waals surface area contributed by atoms with Crippen LogP contribution in [0.2, 0.25) is 0 Å². The third-order valence-electron chi connectivity index (χ3n) is 1.32. The first-order valence-electron chi connectivity index (χ1n) is 3.71. The molecule has 3 heteroatoms. The first kappa shape index (κ1) is 9.27. The molecule has 0 spiro atoms. The van der Waals surface area contributed by atoms with Crippen LogP contribution in [0.5, 0.6) is 0 Å². The molecular formula is C10H8FNO. The molecule has 0 unspecified atom stereocenters. The Labute approximate surface area is 75.6 Å². The Morgan fingerprint density at radius 1 is 1.54 bits per heavy atom. The largest absolute Gasteiger partial charge is 0.369 e. The topological polar surface area (TPSA) is 43.1 Å². The Kier molecular flexibility index (Phi) is 3.04. The summed E-state index contributed by atoms with van der Waals surface area (Å²) in [6, 6.07) is 5.86. The molecular weight excluding hydrogens is 169 g/mol. The van der Waals surface area contributed by atoms with Crippen LogP contribution in [-0.2, 0) is 4.79 Å². The van der Waals surface area contributed by atoms with E-state index < -0.39 is 5.91 Å². The van der Waals surface area contributed by atoms with Crippen LogP contribution in [0.25, 0.3) is 0 Å². The Morgan fingerprint density at radius 3 is 2.92 bits per heavy atom. The summed E-state index contributed by atoms with van der Waals surface area (Å²) in [7, 11) is 0. The van der Waals surface area contributed by atoms with Crippen molar-refractivity contribution in [2.24, 2.45) is 5.73 Å². The number of carbonyl (C=O) groups excluding carboxylic acids is 1. The quantitative estimate of drug-likeness (QED) is 0.640. The van der Waals surface area contributed by atoms with Gasteiger partial charge in [0.2, 0.25) is 5.91 Å². The predicted octanol–water partition coefficient (Wildman–Crippen LogP) is 1.05. The minimum atomic E-state index is -0.482. The van der Waals surface area contributed by atoms with Gasteiger partial charge >= 0.3 is 0 Å². The summed E-state index contributed by atoms with van der Waals surface area (Å²) in [5.41, 5.74) is 5.41. The van der Waals surface area contributed by atoms with Crippen LogP contribution in [0.4, 0.5) is 4.39 Å². The highest BCUT2D eigenvalue weighted by Crippen LogP contribution is 2.00. The van der Waals surface area contributed by atoms with Gasteiger partial charge in [-0.1, -0.05) is 17.9 Å². The molecule has 0 saturated carbocycles. The van der Waals surface area contributed by atoms with E-state index in [9.17, 15) is 9.18 Å². The summed E-state index contributed by atoms with van der Waals surface area (Å²) in [6.07, 6.45) is -0.00346. The van der Waals surface area contributed by atoms with Crippen molar-refractivity contribution in [3.63, 3.8) is 0 Å². The third kappa shape index (κ3) is 3.39. The van der Waals surface area contributed by atoms with Crippen LogP contribution in [0.3, 0.4) is 0 Å². The molecule has 2 N–H and O–H groups in total. The summed E-state index contributed by atoms with van der Waals surface area (Å²) in [4.78, 5) is 10.3. The van der Waals surface area contributed by atoms with Crippen LogP contribution < -0.4 is 5.73 Å². The monoisotopic (exact) mass is 177 g/mol. The Morgan fingerprint density at radius 2 is 2.31 bits per heavy atom. The van der Waals surface area contributed by atoms with Gasteiger partial charge in [-0.15, -0.1) is 0 Å². The van der Waals surface area contributed by atoms with Crippen molar-refractivity contribution >= 4 is 5.91 Å². The first-order chi connectivity index (χ1) is 6.18. The molecule has 1 amide bonds. The summed E-state index contributed by atoms with van der Waals surface area (Å²) in [5, 5.41) is 0. The van der Waals surface area contributed by atoms with Crippen molar-refractivity contribution in [1.82, 2.24) is 0 Å². The number of nitrogens with two attached hydrogens (primary N) is 1. The summed E-state index contributed by atoms with van der Waals surface area (Å²) < 4.78 is 12.6. The van der Waals surface area contributed by atoms with Gasteiger partial charge < -0.3 is 5.73 Å². The third-order valence-corrected chi connectivity index (χ3v) is 1.32. The number of benzene rings is 1. The number of rotatable bonds is 1. The van der Waals surface area contributed by atoms with Crippen LogP contribution in [-0.4, -0.2) is 5.91 Å². The number of amides is 1. The minimum Gasteiger partial charge on any atom is -0.369 e. The lowest BCUT2D eigenvalue weighted by Gasteiger charge is -1.88. The molecule has 0 aliphatic heterocycles. The van der Waals surface area contributed by atoms with E-state index in [1.54, 1.807) is 12.1 Å². The zero-order valence-electron chi connectivity index (χ0n) is 6.88. The molecule has 0 aromatic heterocycles. The molecule has 0 bridgehead atoms. The SMILES string of the molecule is NC(=O)CC#Cc1cccc(F)c1. The van der Waals surface area contributed by atoms with E-state index >= 15 is 0 Å². The lowest BCUT2D eigenvalue weighted by Crippen LogP contribution is -2.08. The standard InChI is InChI=1S/C10H8FNO/c11-9-5-1-3-8(7-9)4-2-6-10(12)13/h1,3,5,7H,6H2,(H2,12,13). The van der Waals surface area contributed by atoms with Crippen molar-refractivity contribution < 1.29 is 9.18 Å². The molecule has 0 atom stereocenters. The smallest absolute Gasteiger partial charge is 0.229 e. The van der Waals surface area contributed by atoms with E-state index in [1.165, 1.54) is 12.1 Å². The van der Waals surface area contributed by atoms with E-state index in [2.05, 4.69) is 11.8 Å².